The lowest BCUT2D eigenvalue weighted by molar-refractivity contribution is -0.145. The Balaban J connectivity index is 0.916. The molecule has 0 radical (unpaired) electrons. The SMILES string of the molecule is C=CC(=O)OCCCCCCOc1ccc(OC(=O)C2CCC(C(=O)Oc3ccc(OC(=O)C4CCC(C(=O)Oc5ccc(OCCCCCCOC(=O)C=C)cc5)CC4)c(/C=N/N(CCCCCCO)c4nc5ccccc5s4)c3)CC2)cc1. The number of esters is 6. The number of aliphatic hydroxyl groups is 1. The molecule has 454 valence electrons. The lowest BCUT2D eigenvalue weighted by atomic mass is 9.82. The number of aliphatic hydroxyl groups excluding tert-OH is 1. The first-order valence-electron chi connectivity index (χ1n) is 29.8. The zero-order valence-electron chi connectivity index (χ0n) is 48.4. The smallest absolute Gasteiger partial charge is 0.330 e. The first-order valence-corrected chi connectivity index (χ1v) is 30.6. The van der Waals surface area contributed by atoms with E-state index in [1.807, 2.05) is 29.3 Å². The molecule has 0 saturated heterocycles. The Kier molecular flexibility index (Phi) is 26.9. The zero-order chi connectivity index (χ0) is 60.0. The van der Waals surface area contributed by atoms with Gasteiger partial charge in [-0.25, -0.2) is 19.6 Å². The lowest BCUT2D eigenvalue weighted by Crippen LogP contribution is -2.30. The van der Waals surface area contributed by atoms with Gasteiger partial charge in [-0.05, 0) is 194 Å². The van der Waals surface area contributed by atoms with Gasteiger partial charge in [-0.1, -0.05) is 49.5 Å². The Morgan fingerprint density at radius 1 is 0.518 bits per heavy atom. The van der Waals surface area contributed by atoms with Crippen LogP contribution in [-0.4, -0.2) is 91.7 Å². The van der Waals surface area contributed by atoms with E-state index in [0.717, 1.165) is 93.0 Å². The minimum Gasteiger partial charge on any atom is -0.494 e. The number of para-hydroxylation sites is 1. The summed E-state index contributed by atoms with van der Waals surface area (Å²) < 4.78 is 46.3. The summed E-state index contributed by atoms with van der Waals surface area (Å²) in [7, 11) is 0. The highest BCUT2D eigenvalue weighted by molar-refractivity contribution is 7.22. The molecule has 5 aromatic rings. The maximum absolute atomic E-state index is 14.0. The van der Waals surface area contributed by atoms with Gasteiger partial charge < -0.3 is 43.0 Å². The van der Waals surface area contributed by atoms with Crippen molar-refractivity contribution in [2.45, 2.75) is 128 Å². The zero-order valence-corrected chi connectivity index (χ0v) is 49.2. The molecule has 0 amide bonds. The largest absolute Gasteiger partial charge is 0.494 e. The van der Waals surface area contributed by atoms with Gasteiger partial charge in [-0.3, -0.25) is 19.2 Å². The second-order valence-electron chi connectivity index (χ2n) is 21.2. The molecule has 0 unspecified atom stereocenters. The Morgan fingerprint density at radius 3 is 1.42 bits per heavy atom. The fraction of sp³-hybridized carbons (Fsp3) is 0.455. The summed E-state index contributed by atoms with van der Waals surface area (Å²) >= 11 is 1.50. The summed E-state index contributed by atoms with van der Waals surface area (Å²) in [6.07, 6.45) is 17.4. The van der Waals surface area contributed by atoms with Gasteiger partial charge in [-0.2, -0.15) is 5.10 Å². The predicted molar refractivity (Wildman–Crippen MR) is 323 cm³/mol. The summed E-state index contributed by atoms with van der Waals surface area (Å²) in [5.41, 5.74) is 1.23. The molecule has 18 nitrogen and oxygen atoms in total. The molecule has 0 atom stereocenters. The topological polar surface area (TPSA) is 225 Å². The van der Waals surface area contributed by atoms with Gasteiger partial charge in [0.2, 0.25) is 5.13 Å². The Morgan fingerprint density at radius 2 is 0.941 bits per heavy atom. The van der Waals surface area contributed by atoms with Crippen molar-refractivity contribution in [1.82, 2.24) is 4.98 Å². The molecule has 85 heavy (non-hydrogen) atoms. The van der Waals surface area contributed by atoms with Crippen LogP contribution in [0.4, 0.5) is 5.13 Å². The summed E-state index contributed by atoms with van der Waals surface area (Å²) in [4.78, 5) is 81.5. The van der Waals surface area contributed by atoms with Crippen LogP contribution in [0.25, 0.3) is 10.2 Å². The number of aromatic nitrogens is 1. The van der Waals surface area contributed by atoms with Crippen molar-refractivity contribution in [3.05, 3.63) is 122 Å². The number of rotatable bonds is 35. The molecule has 1 heterocycles. The average molecular weight is 1190 g/mol. The Bertz CT molecular complexity index is 2950. The van der Waals surface area contributed by atoms with Crippen LogP contribution in [0.15, 0.2) is 121 Å². The number of hydrogen-bond acceptors (Lipinski definition) is 19. The van der Waals surface area contributed by atoms with Crippen molar-refractivity contribution in [2.75, 3.05) is 44.6 Å². The monoisotopic (exact) mass is 1190 g/mol. The summed E-state index contributed by atoms with van der Waals surface area (Å²) in [6, 6.07) is 26.5. The second-order valence-corrected chi connectivity index (χ2v) is 22.2. The predicted octanol–water partition coefficient (Wildman–Crippen LogP) is 12.7. The molecule has 2 saturated carbocycles. The molecule has 7 rings (SSSR count). The van der Waals surface area contributed by atoms with Crippen molar-refractivity contribution in [3.8, 4) is 34.5 Å². The molecule has 1 aromatic heterocycles. The number of benzene rings is 4. The number of nitrogens with zero attached hydrogens (tertiary/aromatic N) is 3. The van der Waals surface area contributed by atoms with Gasteiger partial charge >= 0.3 is 35.8 Å². The molecule has 4 aromatic carbocycles. The molecule has 2 fully saturated rings. The molecular formula is C66H79N3O15S. The number of carbonyl (C=O) groups excluding carboxylic acids is 6. The van der Waals surface area contributed by atoms with E-state index in [2.05, 4.69) is 13.2 Å². The second kappa shape index (κ2) is 35.4. The lowest BCUT2D eigenvalue weighted by Gasteiger charge is -2.26. The number of anilines is 1. The molecule has 19 heteroatoms. The Hall–Kier alpha value is -7.90. The van der Waals surface area contributed by atoms with Crippen LogP contribution >= 0.6 is 11.3 Å². The minimum absolute atomic E-state index is 0.125. The van der Waals surface area contributed by atoms with E-state index in [4.69, 9.17) is 48.0 Å². The highest BCUT2D eigenvalue weighted by Gasteiger charge is 2.34. The van der Waals surface area contributed by atoms with E-state index in [-0.39, 0.29) is 36.0 Å². The van der Waals surface area contributed by atoms with Gasteiger partial charge in [0, 0.05) is 30.9 Å². The molecule has 2 aliphatic rings. The molecular weight excluding hydrogens is 1110 g/mol. The minimum atomic E-state index is -0.481. The van der Waals surface area contributed by atoms with E-state index in [9.17, 15) is 33.9 Å². The van der Waals surface area contributed by atoms with Gasteiger partial charge in [0.1, 0.15) is 34.5 Å². The van der Waals surface area contributed by atoms with Crippen LogP contribution in [0.5, 0.6) is 34.5 Å². The van der Waals surface area contributed by atoms with Gasteiger partial charge in [0.25, 0.3) is 0 Å². The molecule has 1 N–H and O–H groups in total. The summed E-state index contributed by atoms with van der Waals surface area (Å²) in [5, 5.41) is 16.8. The normalized spacial score (nSPS) is 16.6. The molecule has 0 bridgehead atoms. The van der Waals surface area contributed by atoms with Crippen molar-refractivity contribution in [1.29, 1.82) is 0 Å². The maximum Gasteiger partial charge on any atom is 0.330 e. The highest BCUT2D eigenvalue weighted by Crippen LogP contribution is 2.36. The van der Waals surface area contributed by atoms with Crippen LogP contribution in [-0.2, 0) is 38.2 Å². The Labute approximate surface area is 501 Å². The summed E-state index contributed by atoms with van der Waals surface area (Å²) in [5.74, 6) is -1.60. The number of carbonyl (C=O) groups is 6. The van der Waals surface area contributed by atoms with E-state index in [0.29, 0.717) is 124 Å². The molecule has 0 spiro atoms. The van der Waals surface area contributed by atoms with Crippen molar-refractivity contribution in [3.63, 3.8) is 0 Å². The standard InChI is InChI=1S/C66H79N3O15S/c1-3-60(71)79-43-17-9-7-15-41-77-52-29-33-54(34-30-52)81-62(73)47-21-23-49(24-22-47)64(75)83-56-37-38-58(51(45-56)46-67-69(39-13-5-6-14-40-70)66-68-57-19-11-12-20-59(57)85-66)84-65(76)50-27-25-48(26-28-50)63(74)82-55-35-31-53(32-36-55)78-42-16-8-10-18-44-80-61(72)4-2/h3-4,11-12,19-20,29-38,45-50,70H,1-2,5-10,13-18,21-28,39-44H2/b67-46+. The fourth-order valence-corrected chi connectivity index (χ4v) is 10.9. The first-order chi connectivity index (χ1) is 41.5. The van der Waals surface area contributed by atoms with Gasteiger partial charge in [-0.15, -0.1) is 0 Å². The summed E-state index contributed by atoms with van der Waals surface area (Å²) in [6.45, 7) is 9.22. The maximum atomic E-state index is 14.0. The number of ether oxygens (including phenoxy) is 8. The van der Waals surface area contributed by atoms with Crippen molar-refractivity contribution < 1.29 is 71.8 Å². The third-order valence-corrected chi connectivity index (χ3v) is 15.9. The van der Waals surface area contributed by atoms with Crippen LogP contribution in [0.3, 0.4) is 0 Å². The number of hydrogen-bond donors (Lipinski definition) is 1. The average Bonchev–Trinajstić information content (AvgIpc) is 4.18. The van der Waals surface area contributed by atoms with E-state index >= 15 is 0 Å². The highest BCUT2D eigenvalue weighted by atomic mass is 32.1. The van der Waals surface area contributed by atoms with Crippen LogP contribution in [0.2, 0.25) is 0 Å². The molecule has 0 aliphatic heterocycles. The van der Waals surface area contributed by atoms with E-state index in [1.54, 1.807) is 72.9 Å². The third kappa shape index (κ3) is 21.9. The fourth-order valence-electron chi connectivity index (χ4n) is 9.90. The van der Waals surface area contributed by atoms with E-state index < -0.39 is 41.6 Å². The quantitative estimate of drug-likeness (QED) is 0.00994. The number of thiazole rings is 1. The third-order valence-electron chi connectivity index (χ3n) is 14.8. The van der Waals surface area contributed by atoms with Gasteiger partial charge in [0.15, 0.2) is 0 Å². The van der Waals surface area contributed by atoms with Crippen LogP contribution in [0.1, 0.15) is 134 Å². The van der Waals surface area contributed by atoms with Crippen LogP contribution < -0.4 is 33.4 Å². The first kappa shape index (κ1) is 64.7. The van der Waals surface area contributed by atoms with E-state index in [1.165, 1.54) is 11.3 Å². The molecule has 2 aliphatic carbocycles. The van der Waals surface area contributed by atoms with Crippen molar-refractivity contribution >= 4 is 68.7 Å². The number of fused-ring (bicyclic) bond motifs is 1. The van der Waals surface area contributed by atoms with Crippen LogP contribution in [0, 0.1) is 23.7 Å². The van der Waals surface area contributed by atoms with Crippen molar-refractivity contribution in [2.24, 2.45) is 28.8 Å². The number of unbranched alkanes of at least 4 members (excludes halogenated alkanes) is 9. The number of hydrazone groups is 1. The van der Waals surface area contributed by atoms with Gasteiger partial charge in [0.05, 0.1) is 66.5 Å².